The molecular weight excluding hydrogens is 208 g/mol. The summed E-state index contributed by atoms with van der Waals surface area (Å²) < 4.78 is 1.70. The van der Waals surface area contributed by atoms with E-state index in [9.17, 15) is 4.79 Å². The van der Waals surface area contributed by atoms with E-state index in [-0.39, 0.29) is 18.6 Å². The number of rotatable bonds is 6. The molecule has 0 aliphatic rings. The van der Waals surface area contributed by atoms with Crippen molar-refractivity contribution in [3.63, 3.8) is 0 Å². The Kier molecular flexibility index (Phi) is 4.91. The first-order valence-corrected chi connectivity index (χ1v) is 5.35. The van der Waals surface area contributed by atoms with Gasteiger partial charge in [0, 0.05) is 26.2 Å². The van der Waals surface area contributed by atoms with Crippen molar-refractivity contribution in [3.05, 3.63) is 12.4 Å². The maximum Gasteiger partial charge on any atom is 0.222 e. The zero-order valence-corrected chi connectivity index (χ0v) is 9.70. The summed E-state index contributed by atoms with van der Waals surface area (Å²) in [5.41, 5.74) is 0. The fourth-order valence-corrected chi connectivity index (χ4v) is 1.29. The molecule has 1 rings (SSSR count). The predicted molar refractivity (Wildman–Crippen MR) is 58.6 cm³/mol. The molecule has 0 radical (unpaired) electrons. The lowest BCUT2D eigenvalue weighted by atomic mass is 10.2. The number of hydrogen-bond donors (Lipinski definition) is 1. The second-order valence-electron chi connectivity index (χ2n) is 3.81. The Hall–Kier alpha value is -1.43. The van der Waals surface area contributed by atoms with Crippen molar-refractivity contribution < 1.29 is 9.90 Å². The van der Waals surface area contributed by atoms with E-state index in [0.717, 1.165) is 6.42 Å². The first-order chi connectivity index (χ1) is 7.65. The van der Waals surface area contributed by atoms with E-state index in [1.807, 2.05) is 6.92 Å². The summed E-state index contributed by atoms with van der Waals surface area (Å²) >= 11 is 0. The highest BCUT2D eigenvalue weighted by Gasteiger charge is 2.13. The number of aliphatic hydroxyl groups is 1. The molecule has 1 amide bonds. The number of aryl methyl sites for hydroxylation is 1. The van der Waals surface area contributed by atoms with Crippen LogP contribution in [-0.2, 0) is 11.3 Å². The van der Waals surface area contributed by atoms with Crippen LogP contribution >= 0.6 is 0 Å². The number of likely N-dealkylation sites (N-methyl/N-ethyl adjacent to an activating group) is 1. The van der Waals surface area contributed by atoms with Crippen LogP contribution in [0.4, 0.5) is 0 Å². The second kappa shape index (κ2) is 6.22. The van der Waals surface area contributed by atoms with Crippen molar-refractivity contribution in [2.75, 3.05) is 13.7 Å². The molecule has 1 aromatic heterocycles. The fourth-order valence-electron chi connectivity index (χ4n) is 1.29. The van der Waals surface area contributed by atoms with Crippen LogP contribution in [0, 0.1) is 0 Å². The van der Waals surface area contributed by atoms with Crippen LogP contribution in [-0.4, -0.2) is 50.6 Å². The summed E-state index contributed by atoms with van der Waals surface area (Å²) in [5, 5.41) is 16.4. The van der Waals surface area contributed by atoms with E-state index in [0.29, 0.717) is 13.0 Å². The van der Waals surface area contributed by atoms with Crippen LogP contribution in [0.5, 0.6) is 0 Å². The molecule has 0 aromatic carbocycles. The van der Waals surface area contributed by atoms with E-state index in [1.54, 1.807) is 29.0 Å². The van der Waals surface area contributed by atoms with Gasteiger partial charge in [-0.15, -0.1) is 5.10 Å². The molecule has 0 spiro atoms. The van der Waals surface area contributed by atoms with Gasteiger partial charge in [-0.05, 0) is 13.3 Å². The minimum Gasteiger partial charge on any atom is -0.394 e. The molecule has 1 unspecified atom stereocenters. The van der Waals surface area contributed by atoms with E-state index in [4.69, 9.17) is 5.11 Å². The molecule has 1 atom stereocenters. The SMILES string of the molecule is CC(CO)N(C)C(=O)CCCn1ccnn1. The quantitative estimate of drug-likeness (QED) is 0.735. The number of carbonyl (C=O) groups excluding carboxylic acids is 1. The first-order valence-electron chi connectivity index (χ1n) is 5.35. The summed E-state index contributed by atoms with van der Waals surface area (Å²) in [6, 6.07) is -0.126. The molecule has 1 heterocycles. The Morgan fingerprint density at radius 2 is 2.38 bits per heavy atom. The molecule has 1 N–H and O–H groups in total. The van der Waals surface area contributed by atoms with Gasteiger partial charge in [0.15, 0.2) is 0 Å². The largest absolute Gasteiger partial charge is 0.394 e. The predicted octanol–water partition coefficient (Wildman–Crippen LogP) is -0.103. The van der Waals surface area contributed by atoms with E-state index in [1.165, 1.54) is 0 Å². The first kappa shape index (κ1) is 12.6. The summed E-state index contributed by atoms with van der Waals surface area (Å²) in [6.07, 6.45) is 4.57. The van der Waals surface area contributed by atoms with Gasteiger partial charge < -0.3 is 10.0 Å². The number of aromatic nitrogens is 3. The van der Waals surface area contributed by atoms with Crippen molar-refractivity contribution in [3.8, 4) is 0 Å². The average Bonchev–Trinajstić information content (AvgIpc) is 2.79. The maximum absolute atomic E-state index is 11.6. The van der Waals surface area contributed by atoms with Crippen LogP contribution in [0.1, 0.15) is 19.8 Å². The zero-order valence-electron chi connectivity index (χ0n) is 9.70. The van der Waals surface area contributed by atoms with Gasteiger partial charge in [0.2, 0.25) is 5.91 Å². The Balaban J connectivity index is 2.24. The molecule has 6 heteroatoms. The minimum absolute atomic E-state index is 0.00861. The molecule has 0 bridgehead atoms. The Morgan fingerprint density at radius 1 is 1.62 bits per heavy atom. The number of aliphatic hydroxyl groups excluding tert-OH is 1. The topological polar surface area (TPSA) is 71.2 Å². The number of amides is 1. The molecule has 16 heavy (non-hydrogen) atoms. The molecule has 0 saturated carbocycles. The number of nitrogens with zero attached hydrogens (tertiary/aromatic N) is 4. The summed E-state index contributed by atoms with van der Waals surface area (Å²) in [6.45, 7) is 2.49. The number of carbonyl (C=O) groups is 1. The van der Waals surface area contributed by atoms with Crippen molar-refractivity contribution in [1.29, 1.82) is 0 Å². The fraction of sp³-hybridized carbons (Fsp3) is 0.700. The highest BCUT2D eigenvalue weighted by atomic mass is 16.3. The second-order valence-corrected chi connectivity index (χ2v) is 3.81. The Bertz CT molecular complexity index is 313. The van der Waals surface area contributed by atoms with Crippen molar-refractivity contribution in [1.82, 2.24) is 19.9 Å². The maximum atomic E-state index is 11.6. The van der Waals surface area contributed by atoms with E-state index < -0.39 is 0 Å². The van der Waals surface area contributed by atoms with Gasteiger partial charge in [-0.2, -0.15) is 0 Å². The van der Waals surface area contributed by atoms with Crippen molar-refractivity contribution in [2.45, 2.75) is 32.4 Å². The third-order valence-corrected chi connectivity index (χ3v) is 2.57. The van der Waals surface area contributed by atoms with Crippen molar-refractivity contribution >= 4 is 5.91 Å². The zero-order chi connectivity index (χ0) is 12.0. The lowest BCUT2D eigenvalue weighted by molar-refractivity contribution is -0.132. The van der Waals surface area contributed by atoms with Gasteiger partial charge in [-0.3, -0.25) is 9.48 Å². The minimum atomic E-state index is -0.126. The van der Waals surface area contributed by atoms with E-state index >= 15 is 0 Å². The van der Waals surface area contributed by atoms with Crippen LogP contribution < -0.4 is 0 Å². The summed E-state index contributed by atoms with van der Waals surface area (Å²) in [5.74, 6) is 0.0432. The lowest BCUT2D eigenvalue weighted by Gasteiger charge is -2.23. The summed E-state index contributed by atoms with van der Waals surface area (Å²) in [4.78, 5) is 13.2. The van der Waals surface area contributed by atoms with Crippen LogP contribution in [0.3, 0.4) is 0 Å². The van der Waals surface area contributed by atoms with Crippen molar-refractivity contribution in [2.24, 2.45) is 0 Å². The van der Waals surface area contributed by atoms with Gasteiger partial charge >= 0.3 is 0 Å². The van der Waals surface area contributed by atoms with Crippen LogP contribution in [0.25, 0.3) is 0 Å². The molecule has 0 saturated heterocycles. The van der Waals surface area contributed by atoms with Gasteiger partial charge in [-0.1, -0.05) is 5.21 Å². The Labute approximate surface area is 94.9 Å². The number of hydrogen-bond acceptors (Lipinski definition) is 4. The molecule has 1 aromatic rings. The molecule has 6 nitrogen and oxygen atoms in total. The third kappa shape index (κ3) is 3.62. The van der Waals surface area contributed by atoms with Gasteiger partial charge in [0.25, 0.3) is 0 Å². The molecule has 0 aliphatic heterocycles. The van der Waals surface area contributed by atoms with Crippen LogP contribution in [0.15, 0.2) is 12.4 Å². The third-order valence-electron chi connectivity index (χ3n) is 2.57. The molecule has 0 aliphatic carbocycles. The highest BCUT2D eigenvalue weighted by molar-refractivity contribution is 5.76. The standard InChI is InChI=1S/C10H18N4O2/c1-9(8-15)13(2)10(16)4-3-6-14-7-5-11-12-14/h5,7,9,15H,3-4,6,8H2,1-2H3. The highest BCUT2D eigenvalue weighted by Crippen LogP contribution is 2.01. The molecular formula is C10H18N4O2. The lowest BCUT2D eigenvalue weighted by Crippen LogP contribution is -2.37. The average molecular weight is 226 g/mol. The van der Waals surface area contributed by atoms with Gasteiger partial charge in [0.1, 0.15) is 0 Å². The van der Waals surface area contributed by atoms with Crippen LogP contribution in [0.2, 0.25) is 0 Å². The monoisotopic (exact) mass is 226 g/mol. The molecule has 90 valence electrons. The van der Waals surface area contributed by atoms with Gasteiger partial charge in [0.05, 0.1) is 18.8 Å². The molecule has 0 fully saturated rings. The smallest absolute Gasteiger partial charge is 0.222 e. The van der Waals surface area contributed by atoms with E-state index in [2.05, 4.69) is 10.3 Å². The van der Waals surface area contributed by atoms with Gasteiger partial charge in [-0.25, -0.2) is 0 Å². The normalized spacial score (nSPS) is 12.4. The summed E-state index contributed by atoms with van der Waals surface area (Å²) in [7, 11) is 1.71. The Morgan fingerprint density at radius 3 is 2.94 bits per heavy atom.